The zero-order valence-electron chi connectivity index (χ0n) is 16.7. The summed E-state index contributed by atoms with van der Waals surface area (Å²) in [6.07, 6.45) is 0. The molecule has 0 unspecified atom stereocenters. The van der Waals surface area contributed by atoms with Crippen LogP contribution >= 0.6 is 15.9 Å². The number of carbonyl (C=O) groups excluding carboxylic acids is 1. The number of amides is 1. The van der Waals surface area contributed by atoms with E-state index in [4.69, 9.17) is 4.74 Å². The third-order valence-corrected chi connectivity index (χ3v) is 4.81. The first-order chi connectivity index (χ1) is 13.9. The molecule has 0 saturated heterocycles. The molecule has 0 radical (unpaired) electrons. The molecule has 1 amide bonds. The van der Waals surface area contributed by atoms with Crippen molar-refractivity contribution in [1.29, 1.82) is 0 Å². The molecule has 0 atom stereocenters. The number of rotatable bonds is 6. The molecular formula is C21H22BrN5O2. The quantitative estimate of drug-likeness (QED) is 0.564. The van der Waals surface area contributed by atoms with Crippen molar-refractivity contribution in [3.63, 3.8) is 0 Å². The highest BCUT2D eigenvalue weighted by molar-refractivity contribution is 9.10. The Kier molecular flexibility index (Phi) is 6.33. The van der Waals surface area contributed by atoms with Crippen molar-refractivity contribution in [2.75, 3.05) is 36.7 Å². The van der Waals surface area contributed by atoms with Crippen molar-refractivity contribution in [1.82, 2.24) is 9.97 Å². The fourth-order valence-electron chi connectivity index (χ4n) is 2.61. The maximum Gasteiger partial charge on any atom is 0.256 e. The molecule has 1 aromatic heterocycles. The van der Waals surface area contributed by atoms with E-state index in [-0.39, 0.29) is 5.91 Å². The number of hydrogen-bond acceptors (Lipinski definition) is 6. The average molecular weight is 456 g/mol. The Hall–Kier alpha value is -3.13. The fourth-order valence-corrected chi connectivity index (χ4v) is 3.03. The molecule has 0 bridgehead atoms. The summed E-state index contributed by atoms with van der Waals surface area (Å²) in [5.41, 5.74) is 2.87. The SMILES string of the molecule is COc1ccc(Br)c(C(=O)Nc2ccc(Nc3nc(C)cc(N(C)C)n3)cc2)c1. The number of halogens is 1. The van der Waals surface area contributed by atoms with Gasteiger partial charge in [0, 0.05) is 41.7 Å². The van der Waals surface area contributed by atoms with Crippen molar-refractivity contribution in [3.05, 3.63) is 64.3 Å². The summed E-state index contributed by atoms with van der Waals surface area (Å²) in [6.45, 7) is 1.93. The molecule has 3 aromatic rings. The van der Waals surface area contributed by atoms with E-state index >= 15 is 0 Å². The minimum absolute atomic E-state index is 0.228. The summed E-state index contributed by atoms with van der Waals surface area (Å²) in [4.78, 5) is 23.4. The molecule has 0 aliphatic carbocycles. The molecule has 3 rings (SSSR count). The Morgan fingerprint density at radius 2 is 1.72 bits per heavy atom. The first-order valence-corrected chi connectivity index (χ1v) is 9.70. The first-order valence-electron chi connectivity index (χ1n) is 8.90. The monoisotopic (exact) mass is 455 g/mol. The number of nitrogens with zero attached hydrogens (tertiary/aromatic N) is 3. The van der Waals surface area contributed by atoms with Gasteiger partial charge in [-0.25, -0.2) is 4.98 Å². The van der Waals surface area contributed by atoms with Gasteiger partial charge in [-0.2, -0.15) is 4.98 Å². The average Bonchev–Trinajstić information content (AvgIpc) is 2.69. The van der Waals surface area contributed by atoms with E-state index in [0.717, 1.165) is 17.2 Å². The van der Waals surface area contributed by atoms with Gasteiger partial charge in [0.1, 0.15) is 11.6 Å². The van der Waals surface area contributed by atoms with Crippen LogP contribution in [0.15, 0.2) is 53.0 Å². The summed E-state index contributed by atoms with van der Waals surface area (Å²) >= 11 is 3.40. The topological polar surface area (TPSA) is 79.4 Å². The highest BCUT2D eigenvalue weighted by Crippen LogP contribution is 2.24. The van der Waals surface area contributed by atoms with E-state index in [1.807, 2.05) is 56.3 Å². The molecular weight excluding hydrogens is 434 g/mol. The molecule has 2 N–H and O–H groups in total. The van der Waals surface area contributed by atoms with Crippen LogP contribution in [0.25, 0.3) is 0 Å². The summed E-state index contributed by atoms with van der Waals surface area (Å²) in [6, 6.07) is 14.5. The van der Waals surface area contributed by atoms with E-state index in [1.54, 1.807) is 25.3 Å². The number of carbonyl (C=O) groups is 1. The predicted molar refractivity (Wildman–Crippen MR) is 119 cm³/mol. The molecule has 0 spiro atoms. The number of ether oxygens (including phenoxy) is 1. The third kappa shape index (κ3) is 5.23. The van der Waals surface area contributed by atoms with Gasteiger partial charge in [-0.15, -0.1) is 0 Å². The maximum atomic E-state index is 12.6. The molecule has 7 nitrogen and oxygen atoms in total. The Morgan fingerprint density at radius 3 is 2.38 bits per heavy atom. The lowest BCUT2D eigenvalue weighted by Crippen LogP contribution is -2.13. The number of aromatic nitrogens is 2. The lowest BCUT2D eigenvalue weighted by atomic mass is 10.2. The standard InChI is InChI=1S/C21H22BrN5O2/c1-13-11-19(27(2)3)26-21(23-13)25-15-7-5-14(6-8-15)24-20(28)17-12-16(29-4)9-10-18(17)22/h5-12H,1-4H3,(H,24,28)(H,23,25,26). The molecule has 0 saturated carbocycles. The zero-order valence-corrected chi connectivity index (χ0v) is 18.2. The van der Waals surface area contributed by atoms with Crippen LogP contribution in [0, 0.1) is 6.92 Å². The zero-order chi connectivity index (χ0) is 21.0. The van der Waals surface area contributed by atoms with Gasteiger partial charge in [0.05, 0.1) is 12.7 Å². The third-order valence-electron chi connectivity index (χ3n) is 4.12. The van der Waals surface area contributed by atoms with Crippen LogP contribution in [0.2, 0.25) is 0 Å². The number of anilines is 4. The molecule has 0 aliphatic heterocycles. The summed E-state index contributed by atoms with van der Waals surface area (Å²) in [7, 11) is 5.43. The highest BCUT2D eigenvalue weighted by Gasteiger charge is 2.12. The van der Waals surface area contributed by atoms with Gasteiger partial charge < -0.3 is 20.3 Å². The van der Waals surface area contributed by atoms with E-state index < -0.39 is 0 Å². The molecule has 8 heteroatoms. The number of methoxy groups -OCH3 is 1. The van der Waals surface area contributed by atoms with Crippen LogP contribution in [-0.4, -0.2) is 37.1 Å². The Morgan fingerprint density at radius 1 is 1.03 bits per heavy atom. The Labute approximate surface area is 178 Å². The highest BCUT2D eigenvalue weighted by atomic mass is 79.9. The van der Waals surface area contributed by atoms with Crippen molar-refractivity contribution in [2.45, 2.75) is 6.92 Å². The van der Waals surface area contributed by atoms with E-state index in [0.29, 0.717) is 27.4 Å². The van der Waals surface area contributed by atoms with Crippen LogP contribution in [0.5, 0.6) is 5.75 Å². The van der Waals surface area contributed by atoms with Gasteiger partial charge in [-0.1, -0.05) is 0 Å². The van der Waals surface area contributed by atoms with Crippen molar-refractivity contribution in [3.8, 4) is 5.75 Å². The van der Waals surface area contributed by atoms with Crippen LogP contribution in [0.1, 0.15) is 16.1 Å². The fraction of sp³-hybridized carbons (Fsp3) is 0.190. The van der Waals surface area contributed by atoms with Gasteiger partial charge >= 0.3 is 0 Å². The van der Waals surface area contributed by atoms with Gasteiger partial charge in [0.2, 0.25) is 5.95 Å². The van der Waals surface area contributed by atoms with Gasteiger partial charge in [-0.3, -0.25) is 4.79 Å². The lowest BCUT2D eigenvalue weighted by molar-refractivity contribution is 0.102. The van der Waals surface area contributed by atoms with Gasteiger partial charge in [0.25, 0.3) is 5.91 Å². The van der Waals surface area contributed by atoms with Gasteiger partial charge in [0.15, 0.2) is 0 Å². The van der Waals surface area contributed by atoms with Crippen molar-refractivity contribution >= 4 is 45.0 Å². The second kappa shape index (κ2) is 8.91. The molecule has 1 heterocycles. The predicted octanol–water partition coefficient (Wildman–Crippen LogP) is 4.62. The summed E-state index contributed by atoms with van der Waals surface area (Å²) < 4.78 is 5.89. The van der Waals surface area contributed by atoms with E-state index in [9.17, 15) is 4.79 Å². The Bertz CT molecular complexity index is 1020. The molecule has 29 heavy (non-hydrogen) atoms. The van der Waals surface area contributed by atoms with Crippen LogP contribution in [-0.2, 0) is 0 Å². The maximum absolute atomic E-state index is 12.6. The number of nitrogens with one attached hydrogen (secondary N) is 2. The lowest BCUT2D eigenvalue weighted by Gasteiger charge is -2.14. The normalized spacial score (nSPS) is 10.4. The second-order valence-corrected chi connectivity index (χ2v) is 7.44. The summed E-state index contributed by atoms with van der Waals surface area (Å²) in [5.74, 6) is 1.74. The molecule has 150 valence electrons. The minimum atomic E-state index is -0.228. The van der Waals surface area contributed by atoms with Crippen LogP contribution in [0.3, 0.4) is 0 Å². The molecule has 0 fully saturated rings. The first kappa shape index (κ1) is 20.6. The largest absolute Gasteiger partial charge is 0.497 e. The van der Waals surface area contributed by atoms with E-state index in [1.165, 1.54) is 0 Å². The Balaban J connectivity index is 1.72. The number of benzene rings is 2. The number of aryl methyl sites for hydroxylation is 1. The minimum Gasteiger partial charge on any atom is -0.497 e. The van der Waals surface area contributed by atoms with Crippen molar-refractivity contribution in [2.24, 2.45) is 0 Å². The van der Waals surface area contributed by atoms with Crippen LogP contribution < -0.4 is 20.3 Å². The van der Waals surface area contributed by atoms with Crippen LogP contribution in [0.4, 0.5) is 23.1 Å². The molecule has 2 aromatic carbocycles. The van der Waals surface area contributed by atoms with E-state index in [2.05, 4.69) is 36.5 Å². The number of hydrogen-bond donors (Lipinski definition) is 2. The smallest absolute Gasteiger partial charge is 0.256 e. The van der Waals surface area contributed by atoms with Crippen molar-refractivity contribution < 1.29 is 9.53 Å². The van der Waals surface area contributed by atoms with Gasteiger partial charge in [-0.05, 0) is 65.3 Å². The molecule has 0 aliphatic rings. The summed E-state index contributed by atoms with van der Waals surface area (Å²) in [5, 5.41) is 6.08. The second-order valence-electron chi connectivity index (χ2n) is 6.59.